The molecule has 0 spiro atoms. The Hall–Kier alpha value is -1.92. The second kappa shape index (κ2) is 7.71. The smallest absolute Gasteiger partial charge is 0.135 e. The minimum atomic E-state index is -1.63. The highest BCUT2D eigenvalue weighted by molar-refractivity contribution is 5.92. The molecule has 0 atom stereocenters. The SMILES string of the molecule is CC(=O)CC(=O)[O-].O=C([O-])CC(=O)[O-]. The van der Waals surface area contributed by atoms with Gasteiger partial charge in [-0.25, -0.2) is 0 Å². The van der Waals surface area contributed by atoms with Crippen molar-refractivity contribution in [2.45, 2.75) is 19.8 Å². The number of carbonyl (C=O) groups is 4. The summed E-state index contributed by atoms with van der Waals surface area (Å²) >= 11 is 0. The normalized spacial score (nSPS) is 8.07. The summed E-state index contributed by atoms with van der Waals surface area (Å²) in [6, 6.07) is 0. The predicted octanol–water partition coefficient (Wildman–Crippen LogP) is -4.41. The molecule has 14 heavy (non-hydrogen) atoms. The van der Waals surface area contributed by atoms with Crippen LogP contribution >= 0.6 is 0 Å². The first-order valence-corrected chi connectivity index (χ1v) is 3.34. The van der Waals surface area contributed by atoms with Gasteiger partial charge in [0.1, 0.15) is 5.78 Å². The van der Waals surface area contributed by atoms with E-state index in [-0.39, 0.29) is 5.78 Å². The van der Waals surface area contributed by atoms with E-state index in [0.717, 1.165) is 0 Å². The Morgan fingerprint density at radius 2 is 1.07 bits per heavy atom. The van der Waals surface area contributed by atoms with E-state index in [1.807, 2.05) is 0 Å². The molecule has 7 heteroatoms. The standard InChI is InChI=1S/C4H6O3.C3H4O4/c1-3(5)2-4(6)7;4-2(5)1-3(6)7/h2H2,1H3,(H,6,7);1H2,(H,4,5)(H,6,7)/p-3. The van der Waals surface area contributed by atoms with Crippen LogP contribution in [0.25, 0.3) is 0 Å². The average Bonchev–Trinajstić information content (AvgIpc) is 1.79. The lowest BCUT2D eigenvalue weighted by atomic mass is 10.3. The number of hydrogen-bond acceptors (Lipinski definition) is 7. The largest absolute Gasteiger partial charge is 0.550 e. The second-order valence-corrected chi connectivity index (χ2v) is 2.17. The molecule has 80 valence electrons. The summed E-state index contributed by atoms with van der Waals surface area (Å²) in [5.41, 5.74) is 0. The summed E-state index contributed by atoms with van der Waals surface area (Å²) in [6.07, 6.45) is -1.50. The van der Waals surface area contributed by atoms with Gasteiger partial charge in [0.2, 0.25) is 0 Å². The van der Waals surface area contributed by atoms with Gasteiger partial charge in [0.25, 0.3) is 0 Å². The van der Waals surface area contributed by atoms with Crippen molar-refractivity contribution in [2.75, 3.05) is 0 Å². The van der Waals surface area contributed by atoms with Gasteiger partial charge in [0.05, 0.1) is 0 Å². The minimum Gasteiger partial charge on any atom is -0.550 e. The van der Waals surface area contributed by atoms with Gasteiger partial charge < -0.3 is 29.7 Å². The van der Waals surface area contributed by atoms with Crippen molar-refractivity contribution in [3.8, 4) is 0 Å². The molecule has 0 bridgehead atoms. The van der Waals surface area contributed by atoms with Gasteiger partial charge in [-0.2, -0.15) is 0 Å². The van der Waals surface area contributed by atoms with E-state index < -0.39 is 30.7 Å². The van der Waals surface area contributed by atoms with E-state index in [1.165, 1.54) is 6.92 Å². The van der Waals surface area contributed by atoms with Crippen molar-refractivity contribution in [2.24, 2.45) is 0 Å². The van der Waals surface area contributed by atoms with Crippen molar-refractivity contribution in [3.05, 3.63) is 0 Å². The summed E-state index contributed by atoms with van der Waals surface area (Å²) in [4.78, 5) is 37.9. The Balaban J connectivity index is 0. The van der Waals surface area contributed by atoms with Gasteiger partial charge in [0, 0.05) is 30.7 Å². The number of Topliss-reactive ketones (excluding diaryl/α,β-unsaturated/α-hetero) is 1. The summed E-state index contributed by atoms with van der Waals surface area (Å²) in [5.74, 6) is -4.94. The number of aliphatic carboxylic acids is 3. The van der Waals surface area contributed by atoms with Crippen LogP contribution in [-0.4, -0.2) is 23.7 Å². The molecule has 0 saturated heterocycles. The number of ketones is 1. The maximum absolute atomic E-state index is 9.83. The number of carbonyl (C=O) groups excluding carboxylic acids is 4. The third-order valence-electron chi connectivity index (χ3n) is 0.682. The molecule has 0 amide bonds. The fraction of sp³-hybridized carbons (Fsp3) is 0.429. The van der Waals surface area contributed by atoms with Crippen LogP contribution in [-0.2, 0) is 19.2 Å². The van der Waals surface area contributed by atoms with Gasteiger partial charge in [-0.1, -0.05) is 0 Å². The monoisotopic (exact) mass is 203 g/mol. The van der Waals surface area contributed by atoms with E-state index in [0.29, 0.717) is 0 Å². The van der Waals surface area contributed by atoms with Crippen molar-refractivity contribution < 1.29 is 34.5 Å². The zero-order chi connectivity index (χ0) is 11.7. The van der Waals surface area contributed by atoms with Crippen molar-refractivity contribution in [1.29, 1.82) is 0 Å². The van der Waals surface area contributed by atoms with Crippen molar-refractivity contribution in [3.63, 3.8) is 0 Å². The minimum absolute atomic E-state index is 0.375. The first-order chi connectivity index (χ1) is 6.25. The van der Waals surface area contributed by atoms with Gasteiger partial charge in [-0.05, 0) is 6.92 Å². The molecular formula is C7H7O7-3. The lowest BCUT2D eigenvalue weighted by Crippen LogP contribution is -2.32. The molecular weight excluding hydrogens is 196 g/mol. The topological polar surface area (TPSA) is 137 Å². The molecule has 0 aliphatic rings. The fourth-order valence-corrected chi connectivity index (χ4v) is 0.321. The highest BCUT2D eigenvalue weighted by atomic mass is 16.4. The first-order valence-electron chi connectivity index (χ1n) is 3.34. The second-order valence-electron chi connectivity index (χ2n) is 2.17. The Morgan fingerprint density at radius 3 is 1.07 bits per heavy atom. The first kappa shape index (κ1) is 14.6. The summed E-state index contributed by atoms with van der Waals surface area (Å²) < 4.78 is 0. The van der Waals surface area contributed by atoms with Crippen LogP contribution in [0.15, 0.2) is 0 Å². The summed E-state index contributed by atoms with van der Waals surface area (Å²) in [6.45, 7) is 1.20. The lowest BCUT2D eigenvalue weighted by molar-refractivity contribution is -0.322. The summed E-state index contributed by atoms with van der Waals surface area (Å²) in [5, 5.41) is 28.0. The predicted molar refractivity (Wildman–Crippen MR) is 34.9 cm³/mol. The van der Waals surface area contributed by atoms with E-state index in [2.05, 4.69) is 0 Å². The van der Waals surface area contributed by atoms with Crippen LogP contribution in [0, 0.1) is 0 Å². The van der Waals surface area contributed by atoms with Crippen molar-refractivity contribution in [1.82, 2.24) is 0 Å². The Kier molecular flexibility index (Phi) is 8.04. The molecule has 0 unspecified atom stereocenters. The lowest BCUT2D eigenvalue weighted by Gasteiger charge is -1.99. The Bertz CT molecular complexity index is 192. The molecule has 0 aromatic rings. The number of rotatable bonds is 4. The Labute approximate surface area is 79.0 Å². The molecule has 0 rings (SSSR count). The van der Waals surface area contributed by atoms with Gasteiger partial charge >= 0.3 is 0 Å². The van der Waals surface area contributed by atoms with Crippen LogP contribution in [0.4, 0.5) is 0 Å². The highest BCUT2D eigenvalue weighted by Crippen LogP contribution is 1.74. The molecule has 0 aromatic carbocycles. The Morgan fingerprint density at radius 1 is 0.786 bits per heavy atom. The van der Waals surface area contributed by atoms with E-state index in [1.54, 1.807) is 0 Å². The molecule has 0 aliphatic heterocycles. The molecule has 0 aliphatic carbocycles. The van der Waals surface area contributed by atoms with E-state index in [9.17, 15) is 34.5 Å². The number of hydrogen-bond donors (Lipinski definition) is 0. The quantitative estimate of drug-likeness (QED) is 0.420. The maximum Gasteiger partial charge on any atom is 0.135 e. The van der Waals surface area contributed by atoms with E-state index >= 15 is 0 Å². The summed E-state index contributed by atoms with van der Waals surface area (Å²) in [7, 11) is 0. The molecule has 0 saturated carbocycles. The van der Waals surface area contributed by atoms with Gasteiger partial charge in [-0.3, -0.25) is 4.79 Å². The molecule has 0 aromatic heterocycles. The average molecular weight is 203 g/mol. The fourth-order valence-electron chi connectivity index (χ4n) is 0.321. The zero-order valence-electron chi connectivity index (χ0n) is 7.27. The number of carboxylic acid groups (broad SMARTS) is 3. The zero-order valence-corrected chi connectivity index (χ0v) is 7.27. The molecule has 0 N–H and O–H groups in total. The maximum atomic E-state index is 9.83. The third-order valence-corrected chi connectivity index (χ3v) is 0.682. The molecule has 7 nitrogen and oxygen atoms in total. The van der Waals surface area contributed by atoms with Crippen LogP contribution in [0.5, 0.6) is 0 Å². The molecule has 0 radical (unpaired) electrons. The van der Waals surface area contributed by atoms with Crippen LogP contribution in [0.1, 0.15) is 19.8 Å². The highest BCUT2D eigenvalue weighted by Gasteiger charge is 1.88. The third kappa shape index (κ3) is 22.5. The van der Waals surface area contributed by atoms with E-state index in [4.69, 9.17) is 0 Å². The molecule has 0 fully saturated rings. The van der Waals surface area contributed by atoms with Gasteiger partial charge in [-0.15, -0.1) is 0 Å². The van der Waals surface area contributed by atoms with Gasteiger partial charge in [0.15, 0.2) is 0 Å². The van der Waals surface area contributed by atoms with Crippen LogP contribution < -0.4 is 15.3 Å². The van der Waals surface area contributed by atoms with Crippen molar-refractivity contribution >= 4 is 23.7 Å². The number of carboxylic acids is 3. The molecule has 0 heterocycles. The van der Waals surface area contributed by atoms with Crippen LogP contribution in [0.3, 0.4) is 0 Å². The van der Waals surface area contributed by atoms with Crippen LogP contribution in [0.2, 0.25) is 0 Å².